The van der Waals surface area contributed by atoms with Gasteiger partial charge >= 0.3 is 0 Å². The highest BCUT2D eigenvalue weighted by Crippen LogP contribution is 2.24. The fourth-order valence-electron chi connectivity index (χ4n) is 10.7. The van der Waals surface area contributed by atoms with E-state index in [0.717, 1.165) is 56.5 Å². The predicted octanol–water partition coefficient (Wildman–Crippen LogP) is 6.41. The summed E-state index contributed by atoms with van der Waals surface area (Å²) < 4.78 is 0. The lowest BCUT2D eigenvalue weighted by Gasteiger charge is -2.37. The molecule has 93 heavy (non-hydrogen) atoms. The van der Waals surface area contributed by atoms with Gasteiger partial charge in [0.25, 0.3) is 17.7 Å². The average Bonchev–Trinajstić information content (AvgIpc) is 2.82. The van der Waals surface area contributed by atoms with Crippen LogP contribution in [0.3, 0.4) is 0 Å². The van der Waals surface area contributed by atoms with Gasteiger partial charge in [0.2, 0.25) is 23.8 Å². The molecule has 3 aliphatic heterocycles. The van der Waals surface area contributed by atoms with Crippen molar-refractivity contribution in [3.05, 3.63) is 161 Å². The molecular formula is C65H73N23O5. The first-order chi connectivity index (χ1) is 44.8. The van der Waals surface area contributed by atoms with E-state index in [-0.39, 0.29) is 47.6 Å². The average molecular weight is 1260 g/mol. The Bertz CT molecular complexity index is 4110. The van der Waals surface area contributed by atoms with Crippen LogP contribution in [-0.2, 0) is 4.79 Å². The first kappa shape index (κ1) is 65.1. The van der Waals surface area contributed by atoms with E-state index in [9.17, 15) is 24.3 Å². The standard InChI is InChI=1S/C22H24N8O2.C22H26N8O.C21H23N7O2/c1-14-17(7-8-19(24-14)30-12-10-29(11-13-30)16(3)31)21(32)28-22-26-15(2)25-20(27-22)18-6-4-5-9-23-18;1-13-11-30(12-14(2)24-13)19-9-8-17(15(3)25-19)21(31)29-22-27-16(4)26-20(28-22)18-7-5-6-10-23-18;1-13-16(6-7-18(23-13)28-11-8-15(29)9-12-28)20(30)27-21-25-14(2)24-19(26-21)17-5-3-4-10-22-17/h4-9H,10-13H2,1-3H3,(H,25,26,27,28,32);5-10,13-14,24H,11-12H2,1-4H3,(H,26,27,28,29,31);3-7,10,15,29H,8-9,11-12H2,1-2H3,(H,24,25,26,27,30)/t;13-,14+;. The highest BCUT2D eigenvalue weighted by atomic mass is 16.3. The van der Waals surface area contributed by atoms with Gasteiger partial charge in [-0.3, -0.25) is 50.1 Å². The number of aromatic nitrogens is 15. The highest BCUT2D eigenvalue weighted by Gasteiger charge is 2.26. The van der Waals surface area contributed by atoms with Crippen LogP contribution in [0.2, 0.25) is 0 Å². The molecule has 0 saturated carbocycles. The molecule has 12 heterocycles. The van der Waals surface area contributed by atoms with Crippen molar-refractivity contribution in [3.63, 3.8) is 0 Å². The first-order valence-electron chi connectivity index (χ1n) is 30.5. The number of hydrogen-bond acceptors (Lipinski definition) is 24. The monoisotopic (exact) mass is 1260 g/mol. The van der Waals surface area contributed by atoms with Gasteiger partial charge in [0, 0.05) is 90.0 Å². The van der Waals surface area contributed by atoms with E-state index in [2.05, 4.69) is 125 Å². The maximum atomic E-state index is 12.9. The third-order valence-corrected chi connectivity index (χ3v) is 15.3. The number of nitrogens with zero attached hydrogens (tertiary/aromatic N) is 19. The molecule has 3 aliphatic rings. The Morgan fingerprint density at radius 3 is 1.10 bits per heavy atom. The Morgan fingerprint density at radius 1 is 0.430 bits per heavy atom. The fraction of sp³-hybridized carbons (Fsp3) is 0.338. The maximum Gasteiger partial charge on any atom is 0.259 e. The zero-order valence-corrected chi connectivity index (χ0v) is 53.3. The van der Waals surface area contributed by atoms with Crippen LogP contribution in [0.5, 0.6) is 0 Å². The van der Waals surface area contributed by atoms with Gasteiger partial charge in [-0.1, -0.05) is 18.2 Å². The molecule has 3 saturated heterocycles. The molecular weight excluding hydrogens is 1180 g/mol. The van der Waals surface area contributed by atoms with Gasteiger partial charge in [-0.05, 0) is 141 Å². The molecule has 0 spiro atoms. The van der Waals surface area contributed by atoms with Crippen LogP contribution in [0.25, 0.3) is 34.6 Å². The number of aliphatic hydroxyl groups is 1. The fourth-order valence-corrected chi connectivity index (χ4v) is 10.7. The van der Waals surface area contributed by atoms with Crippen LogP contribution in [0.15, 0.2) is 110 Å². The number of piperazine rings is 2. The predicted molar refractivity (Wildman–Crippen MR) is 350 cm³/mol. The molecule has 28 nitrogen and oxygen atoms in total. The summed E-state index contributed by atoms with van der Waals surface area (Å²) in [5.41, 5.74) is 5.07. The van der Waals surface area contributed by atoms with Gasteiger partial charge in [-0.15, -0.1) is 0 Å². The number of amides is 4. The summed E-state index contributed by atoms with van der Waals surface area (Å²) in [5, 5.41) is 21.4. The summed E-state index contributed by atoms with van der Waals surface area (Å²) in [5.74, 6) is 4.75. The number of piperidine rings is 1. The number of pyridine rings is 6. The van der Waals surface area contributed by atoms with E-state index >= 15 is 0 Å². The van der Waals surface area contributed by atoms with Gasteiger partial charge in [-0.25, -0.2) is 29.9 Å². The Morgan fingerprint density at radius 2 is 0.774 bits per heavy atom. The van der Waals surface area contributed by atoms with Crippen molar-refractivity contribution in [3.8, 4) is 34.6 Å². The van der Waals surface area contributed by atoms with Crippen molar-refractivity contribution in [2.45, 2.75) is 93.3 Å². The van der Waals surface area contributed by atoms with Gasteiger partial charge in [-0.2, -0.15) is 29.9 Å². The van der Waals surface area contributed by atoms with E-state index < -0.39 is 0 Å². The van der Waals surface area contributed by atoms with Crippen molar-refractivity contribution >= 4 is 58.9 Å². The number of carbonyl (C=O) groups excluding carboxylic acids is 4. The molecule has 0 bridgehead atoms. The molecule has 0 unspecified atom stereocenters. The van der Waals surface area contributed by atoms with Crippen LogP contribution in [0, 0.1) is 41.5 Å². The van der Waals surface area contributed by atoms with Crippen molar-refractivity contribution < 1.29 is 24.3 Å². The minimum atomic E-state index is -0.347. The van der Waals surface area contributed by atoms with Gasteiger partial charge in [0.1, 0.15) is 52.0 Å². The van der Waals surface area contributed by atoms with Crippen LogP contribution in [-0.4, -0.2) is 179 Å². The number of anilines is 6. The zero-order chi connectivity index (χ0) is 65.7. The second kappa shape index (κ2) is 29.8. The Labute approximate surface area is 537 Å². The highest BCUT2D eigenvalue weighted by molar-refractivity contribution is 6.05. The largest absolute Gasteiger partial charge is 0.393 e. The quantitative estimate of drug-likeness (QED) is 0.0882. The second-order valence-corrected chi connectivity index (χ2v) is 22.6. The minimum absolute atomic E-state index is 0.0839. The SMILES string of the molecule is CC(=O)N1CCN(c2ccc(C(=O)Nc3nc(C)nc(-c4ccccn4)n3)c(C)n2)CC1.Cc1nc(NC(=O)c2ccc(N3CCC(O)CC3)nc2C)nc(-c2ccccn2)n1.Cc1nc(NC(=O)c2ccc(N3C[C@@H](C)N[C@@H](C)C3)nc2C)nc(-c2ccccn2)n1. The molecule has 4 amide bonds. The second-order valence-electron chi connectivity index (χ2n) is 22.6. The Kier molecular flexibility index (Phi) is 20.9. The smallest absolute Gasteiger partial charge is 0.259 e. The summed E-state index contributed by atoms with van der Waals surface area (Å²) >= 11 is 0. The summed E-state index contributed by atoms with van der Waals surface area (Å²) in [6, 6.07) is 28.0. The summed E-state index contributed by atoms with van der Waals surface area (Å²) in [7, 11) is 0. The summed E-state index contributed by atoms with van der Waals surface area (Å²) in [4.78, 5) is 124. The van der Waals surface area contributed by atoms with Crippen molar-refractivity contribution in [1.29, 1.82) is 0 Å². The van der Waals surface area contributed by atoms with Gasteiger partial charge < -0.3 is 30.0 Å². The maximum absolute atomic E-state index is 12.9. The number of carbonyl (C=O) groups is 4. The topological polar surface area (TPSA) is 343 Å². The molecule has 5 N–H and O–H groups in total. The van der Waals surface area contributed by atoms with Crippen LogP contribution < -0.4 is 36.0 Å². The molecule has 9 aromatic heterocycles. The first-order valence-corrected chi connectivity index (χ1v) is 30.5. The third-order valence-electron chi connectivity index (χ3n) is 15.3. The van der Waals surface area contributed by atoms with E-state index in [0.29, 0.717) is 124 Å². The van der Waals surface area contributed by atoms with E-state index in [1.54, 1.807) is 90.5 Å². The van der Waals surface area contributed by atoms with Gasteiger partial charge in [0.05, 0.1) is 39.9 Å². The van der Waals surface area contributed by atoms with Crippen molar-refractivity contribution in [2.75, 3.05) is 83.0 Å². The number of aryl methyl sites for hydroxylation is 6. The van der Waals surface area contributed by atoms with Gasteiger partial charge in [0.15, 0.2) is 17.5 Å². The molecule has 28 heteroatoms. The lowest BCUT2D eigenvalue weighted by atomic mass is 10.1. The Hall–Kier alpha value is -10.9. The van der Waals surface area contributed by atoms with Crippen molar-refractivity contribution in [2.24, 2.45) is 0 Å². The third kappa shape index (κ3) is 17.1. The van der Waals surface area contributed by atoms with Crippen LogP contribution >= 0.6 is 0 Å². The molecule has 0 radical (unpaired) electrons. The summed E-state index contributed by atoms with van der Waals surface area (Å²) in [6.45, 7) is 22.5. The molecule has 0 aliphatic carbocycles. The van der Waals surface area contributed by atoms with Crippen molar-refractivity contribution in [1.82, 2.24) is 85.0 Å². The molecule has 2 atom stereocenters. The van der Waals surface area contributed by atoms with E-state index in [4.69, 9.17) is 0 Å². The minimum Gasteiger partial charge on any atom is -0.393 e. The molecule has 0 aromatic carbocycles. The normalized spacial score (nSPS) is 15.6. The van der Waals surface area contributed by atoms with E-state index in [1.165, 1.54) is 0 Å². The van der Waals surface area contributed by atoms with E-state index in [1.807, 2.05) is 72.5 Å². The van der Waals surface area contributed by atoms with Crippen LogP contribution in [0.4, 0.5) is 35.3 Å². The molecule has 478 valence electrons. The number of hydrogen-bond donors (Lipinski definition) is 5. The molecule has 3 fully saturated rings. The lowest BCUT2D eigenvalue weighted by Crippen LogP contribution is -2.54. The number of aliphatic hydroxyl groups excluding tert-OH is 1. The summed E-state index contributed by atoms with van der Waals surface area (Å²) in [6.07, 6.45) is 6.19. The molecule has 9 aromatic rings. The zero-order valence-electron chi connectivity index (χ0n) is 53.3. The Balaban J connectivity index is 0.000000153. The lowest BCUT2D eigenvalue weighted by molar-refractivity contribution is -0.129. The molecule has 12 rings (SSSR count). The number of nitrogens with one attached hydrogen (secondary N) is 4. The van der Waals surface area contributed by atoms with Crippen LogP contribution in [0.1, 0.15) is 99.2 Å². The number of rotatable bonds is 12.